The highest BCUT2D eigenvalue weighted by molar-refractivity contribution is 4.94. The number of hydrogen-bond acceptors (Lipinski definition) is 2. The molecule has 1 aliphatic heterocycles. The van der Waals surface area contributed by atoms with Gasteiger partial charge in [-0.2, -0.15) is 0 Å². The fourth-order valence-corrected chi connectivity index (χ4v) is 3.49. The van der Waals surface area contributed by atoms with E-state index in [-0.39, 0.29) is 0 Å². The topological polar surface area (TPSA) is 29.3 Å². The highest BCUT2D eigenvalue weighted by Crippen LogP contribution is 2.37. The molecule has 3 atom stereocenters. The van der Waals surface area contributed by atoms with Crippen LogP contribution in [0.1, 0.15) is 52.4 Å². The number of hydrogen-bond donors (Lipinski definition) is 1. The number of nitrogens with two attached hydrogens (primary N) is 1. The Hall–Kier alpha value is -0.0800. The summed E-state index contributed by atoms with van der Waals surface area (Å²) in [6.07, 6.45) is 8.33. The smallest absolute Gasteiger partial charge is 0.0252 e. The molecule has 2 heteroatoms. The van der Waals surface area contributed by atoms with Gasteiger partial charge in [-0.25, -0.2) is 0 Å². The van der Waals surface area contributed by atoms with Crippen molar-refractivity contribution in [1.29, 1.82) is 0 Å². The third-order valence-corrected chi connectivity index (χ3v) is 4.64. The van der Waals surface area contributed by atoms with Crippen LogP contribution >= 0.6 is 0 Å². The van der Waals surface area contributed by atoms with Crippen LogP contribution in [0.15, 0.2) is 0 Å². The van der Waals surface area contributed by atoms with Gasteiger partial charge in [-0.1, -0.05) is 13.3 Å². The minimum atomic E-state index is 0.682. The Morgan fingerprint density at radius 2 is 2.00 bits per heavy atom. The fourth-order valence-electron chi connectivity index (χ4n) is 3.49. The molecule has 2 aliphatic rings. The Morgan fingerprint density at radius 1 is 1.27 bits per heavy atom. The second-order valence-electron chi connectivity index (χ2n) is 5.43. The van der Waals surface area contributed by atoms with Gasteiger partial charge in [-0.3, -0.25) is 4.90 Å². The van der Waals surface area contributed by atoms with Crippen LogP contribution < -0.4 is 5.73 Å². The zero-order valence-corrected chi connectivity index (χ0v) is 10.3. The van der Waals surface area contributed by atoms with Crippen molar-refractivity contribution in [2.45, 2.75) is 70.5 Å². The molecule has 1 heterocycles. The molecule has 0 bridgehead atoms. The second kappa shape index (κ2) is 4.84. The van der Waals surface area contributed by atoms with E-state index in [9.17, 15) is 0 Å². The summed E-state index contributed by atoms with van der Waals surface area (Å²) in [6, 6.07) is 2.26. The van der Waals surface area contributed by atoms with Crippen molar-refractivity contribution in [3.8, 4) is 0 Å². The fraction of sp³-hybridized carbons (Fsp3) is 1.00. The molecular formula is C13H26N2. The molecule has 0 radical (unpaired) electrons. The summed E-state index contributed by atoms with van der Waals surface area (Å²) < 4.78 is 0. The third-order valence-electron chi connectivity index (χ3n) is 4.64. The summed E-state index contributed by atoms with van der Waals surface area (Å²) >= 11 is 0. The Morgan fingerprint density at radius 3 is 2.47 bits per heavy atom. The molecule has 3 unspecified atom stereocenters. The van der Waals surface area contributed by atoms with E-state index in [2.05, 4.69) is 18.7 Å². The molecule has 1 aliphatic carbocycles. The first-order chi connectivity index (χ1) is 7.27. The molecule has 1 saturated carbocycles. The van der Waals surface area contributed by atoms with Gasteiger partial charge in [0, 0.05) is 24.7 Å². The predicted octanol–water partition coefficient (Wildman–Crippen LogP) is 2.38. The average molecular weight is 210 g/mol. The quantitative estimate of drug-likeness (QED) is 0.772. The summed E-state index contributed by atoms with van der Waals surface area (Å²) in [6.45, 7) is 5.58. The first kappa shape index (κ1) is 11.4. The SMILES string of the molecule is CCC1CCC(C)N1C(CN)C1CCC1. The van der Waals surface area contributed by atoms with Crippen molar-refractivity contribution in [3.63, 3.8) is 0 Å². The normalized spacial score (nSPS) is 35.4. The van der Waals surface area contributed by atoms with Gasteiger partial charge in [0.1, 0.15) is 0 Å². The Kier molecular flexibility index (Phi) is 3.68. The zero-order chi connectivity index (χ0) is 10.8. The molecule has 15 heavy (non-hydrogen) atoms. The molecule has 0 spiro atoms. The van der Waals surface area contributed by atoms with Crippen molar-refractivity contribution in [2.24, 2.45) is 11.7 Å². The molecule has 0 aromatic heterocycles. The molecule has 0 aromatic carbocycles. The van der Waals surface area contributed by atoms with Crippen molar-refractivity contribution >= 4 is 0 Å². The average Bonchev–Trinajstić information content (AvgIpc) is 2.53. The molecule has 2 nitrogen and oxygen atoms in total. The van der Waals surface area contributed by atoms with Gasteiger partial charge < -0.3 is 5.73 Å². The van der Waals surface area contributed by atoms with Crippen LogP contribution in [0.5, 0.6) is 0 Å². The van der Waals surface area contributed by atoms with Crippen LogP contribution in [-0.4, -0.2) is 29.6 Å². The van der Waals surface area contributed by atoms with E-state index < -0.39 is 0 Å². The van der Waals surface area contributed by atoms with Gasteiger partial charge in [0.15, 0.2) is 0 Å². The van der Waals surface area contributed by atoms with Crippen LogP contribution in [-0.2, 0) is 0 Å². The highest BCUT2D eigenvalue weighted by Gasteiger charge is 2.39. The lowest BCUT2D eigenvalue weighted by atomic mass is 9.78. The maximum atomic E-state index is 6.00. The lowest BCUT2D eigenvalue weighted by Crippen LogP contribution is -2.52. The van der Waals surface area contributed by atoms with E-state index in [4.69, 9.17) is 5.73 Å². The van der Waals surface area contributed by atoms with Crippen LogP contribution in [0, 0.1) is 5.92 Å². The van der Waals surface area contributed by atoms with E-state index >= 15 is 0 Å². The van der Waals surface area contributed by atoms with Gasteiger partial charge >= 0.3 is 0 Å². The van der Waals surface area contributed by atoms with E-state index in [1.165, 1.54) is 38.5 Å². The zero-order valence-electron chi connectivity index (χ0n) is 10.3. The van der Waals surface area contributed by atoms with Crippen LogP contribution in [0.25, 0.3) is 0 Å². The summed E-state index contributed by atoms with van der Waals surface area (Å²) in [5, 5.41) is 0. The molecule has 2 fully saturated rings. The monoisotopic (exact) mass is 210 g/mol. The number of likely N-dealkylation sites (tertiary alicyclic amines) is 1. The first-order valence-electron chi connectivity index (χ1n) is 6.75. The lowest BCUT2D eigenvalue weighted by Gasteiger charge is -2.43. The second-order valence-corrected chi connectivity index (χ2v) is 5.43. The Balaban J connectivity index is 2.03. The van der Waals surface area contributed by atoms with E-state index in [0.29, 0.717) is 6.04 Å². The van der Waals surface area contributed by atoms with Gasteiger partial charge in [0.2, 0.25) is 0 Å². The summed E-state index contributed by atoms with van der Waals surface area (Å²) in [5.74, 6) is 0.907. The largest absolute Gasteiger partial charge is 0.329 e. The molecule has 2 N–H and O–H groups in total. The standard InChI is InChI=1S/C13H26N2/c1-3-12-8-7-10(2)15(12)13(9-14)11-5-4-6-11/h10-13H,3-9,14H2,1-2H3. The number of nitrogens with zero attached hydrogens (tertiary/aromatic N) is 1. The maximum absolute atomic E-state index is 6.00. The molecule has 0 aromatic rings. The van der Waals surface area contributed by atoms with Crippen LogP contribution in [0.4, 0.5) is 0 Å². The minimum Gasteiger partial charge on any atom is -0.329 e. The van der Waals surface area contributed by atoms with Crippen LogP contribution in [0.3, 0.4) is 0 Å². The minimum absolute atomic E-state index is 0.682. The van der Waals surface area contributed by atoms with Crippen molar-refractivity contribution in [2.75, 3.05) is 6.54 Å². The lowest BCUT2D eigenvalue weighted by molar-refractivity contribution is 0.0615. The molecule has 0 amide bonds. The third kappa shape index (κ3) is 2.07. The summed E-state index contributed by atoms with van der Waals surface area (Å²) in [5.41, 5.74) is 6.00. The van der Waals surface area contributed by atoms with Crippen molar-refractivity contribution in [3.05, 3.63) is 0 Å². The van der Waals surface area contributed by atoms with Crippen molar-refractivity contribution in [1.82, 2.24) is 4.90 Å². The van der Waals surface area contributed by atoms with E-state index in [1.54, 1.807) is 0 Å². The molecule has 1 saturated heterocycles. The highest BCUT2D eigenvalue weighted by atomic mass is 15.2. The Bertz CT molecular complexity index is 201. The molecular weight excluding hydrogens is 184 g/mol. The predicted molar refractivity (Wildman–Crippen MR) is 64.8 cm³/mol. The summed E-state index contributed by atoms with van der Waals surface area (Å²) in [7, 11) is 0. The summed E-state index contributed by atoms with van der Waals surface area (Å²) in [4.78, 5) is 2.75. The van der Waals surface area contributed by atoms with Gasteiger partial charge in [0.25, 0.3) is 0 Å². The maximum Gasteiger partial charge on any atom is 0.0252 e. The van der Waals surface area contributed by atoms with E-state index in [1.807, 2.05) is 0 Å². The van der Waals surface area contributed by atoms with Gasteiger partial charge in [-0.15, -0.1) is 0 Å². The molecule has 88 valence electrons. The van der Waals surface area contributed by atoms with Gasteiger partial charge in [0.05, 0.1) is 0 Å². The Labute approximate surface area is 94.2 Å². The van der Waals surface area contributed by atoms with Crippen LogP contribution in [0.2, 0.25) is 0 Å². The van der Waals surface area contributed by atoms with Gasteiger partial charge in [-0.05, 0) is 44.9 Å². The van der Waals surface area contributed by atoms with Crippen molar-refractivity contribution < 1.29 is 0 Å². The number of rotatable bonds is 4. The molecule has 2 rings (SSSR count). The van der Waals surface area contributed by atoms with E-state index in [0.717, 1.165) is 24.5 Å². The first-order valence-corrected chi connectivity index (χ1v) is 6.75.